The van der Waals surface area contributed by atoms with Crippen LogP contribution in [-0.2, 0) is 9.53 Å². The fraction of sp³-hybridized carbons (Fsp3) is 0.467. The first-order chi connectivity index (χ1) is 10.7. The molecular weight excluding hydrogens is 343 g/mol. The first-order valence-corrected chi connectivity index (χ1v) is 7.92. The van der Waals surface area contributed by atoms with Gasteiger partial charge in [-0.05, 0) is 31.4 Å². The number of anilines is 1. The first kappa shape index (κ1) is 19.4. The number of phenolic OH excluding ortho intramolecular Hbond substituents is 1. The number of rotatable bonds is 6. The van der Waals surface area contributed by atoms with Gasteiger partial charge in [-0.3, -0.25) is 0 Å². The molecule has 0 aromatic heterocycles. The molecule has 0 spiro atoms. The summed E-state index contributed by atoms with van der Waals surface area (Å²) in [7, 11) is 0. The van der Waals surface area contributed by atoms with Crippen LogP contribution in [0.3, 0.4) is 0 Å². The van der Waals surface area contributed by atoms with Crippen molar-refractivity contribution >= 4 is 40.9 Å². The Labute approximate surface area is 145 Å². The van der Waals surface area contributed by atoms with Crippen LogP contribution in [0.5, 0.6) is 5.75 Å². The van der Waals surface area contributed by atoms with Crippen LogP contribution in [0, 0.1) is 5.92 Å². The van der Waals surface area contributed by atoms with Gasteiger partial charge in [-0.1, -0.05) is 37.0 Å². The lowest BCUT2D eigenvalue weighted by Crippen LogP contribution is -2.44. The molecular formula is C15H20Cl2N2O4. The highest BCUT2D eigenvalue weighted by atomic mass is 35.5. The van der Waals surface area contributed by atoms with E-state index >= 15 is 0 Å². The third-order valence-electron chi connectivity index (χ3n) is 2.86. The highest BCUT2D eigenvalue weighted by molar-refractivity contribution is 6.37. The van der Waals surface area contributed by atoms with Gasteiger partial charge in [0, 0.05) is 5.69 Å². The normalized spacial score (nSPS) is 11.9. The number of ether oxygens (including phenoxy) is 1. The second kappa shape index (κ2) is 8.84. The minimum absolute atomic E-state index is 0.0110. The number of halogens is 2. The maximum absolute atomic E-state index is 12.0. The number of urea groups is 1. The minimum Gasteiger partial charge on any atom is -0.505 e. The van der Waals surface area contributed by atoms with Crippen molar-refractivity contribution in [2.45, 2.75) is 33.2 Å². The number of nitrogens with one attached hydrogen (secondary N) is 2. The lowest BCUT2D eigenvalue weighted by atomic mass is 10.0. The van der Waals surface area contributed by atoms with Crippen molar-refractivity contribution in [3.63, 3.8) is 0 Å². The Morgan fingerprint density at radius 2 is 1.83 bits per heavy atom. The molecule has 0 heterocycles. The van der Waals surface area contributed by atoms with E-state index in [0.717, 1.165) is 0 Å². The summed E-state index contributed by atoms with van der Waals surface area (Å²) in [5, 5.41) is 14.6. The van der Waals surface area contributed by atoms with Gasteiger partial charge in [0.05, 0.1) is 16.7 Å². The summed E-state index contributed by atoms with van der Waals surface area (Å²) in [4.78, 5) is 23.9. The highest BCUT2D eigenvalue weighted by Gasteiger charge is 2.23. The molecule has 8 heteroatoms. The van der Waals surface area contributed by atoms with Crippen molar-refractivity contribution in [3.05, 3.63) is 22.2 Å². The lowest BCUT2D eigenvalue weighted by Gasteiger charge is -2.19. The Balaban J connectivity index is 2.77. The van der Waals surface area contributed by atoms with Crippen molar-refractivity contribution in [2.24, 2.45) is 5.92 Å². The van der Waals surface area contributed by atoms with E-state index in [0.29, 0.717) is 12.1 Å². The van der Waals surface area contributed by atoms with Crippen LogP contribution in [0.1, 0.15) is 27.2 Å². The van der Waals surface area contributed by atoms with Gasteiger partial charge in [-0.25, -0.2) is 9.59 Å². The largest absolute Gasteiger partial charge is 0.505 e. The number of hydrogen-bond donors (Lipinski definition) is 3. The van der Waals surface area contributed by atoms with Crippen LogP contribution < -0.4 is 10.6 Å². The molecule has 0 saturated carbocycles. The lowest BCUT2D eigenvalue weighted by molar-refractivity contribution is -0.145. The highest BCUT2D eigenvalue weighted by Crippen LogP contribution is 2.34. The average molecular weight is 363 g/mol. The van der Waals surface area contributed by atoms with Gasteiger partial charge in [0.1, 0.15) is 6.04 Å². The number of aromatic hydroxyl groups is 1. The van der Waals surface area contributed by atoms with Gasteiger partial charge in [0.2, 0.25) is 0 Å². The zero-order chi connectivity index (χ0) is 17.6. The molecule has 0 bridgehead atoms. The van der Waals surface area contributed by atoms with Gasteiger partial charge in [-0.15, -0.1) is 0 Å². The summed E-state index contributed by atoms with van der Waals surface area (Å²) in [6.07, 6.45) is 0.448. The number of carbonyl (C=O) groups is 2. The van der Waals surface area contributed by atoms with E-state index in [1.807, 2.05) is 13.8 Å². The molecule has 2 amide bonds. The molecule has 0 saturated heterocycles. The van der Waals surface area contributed by atoms with Crippen molar-refractivity contribution in [1.29, 1.82) is 0 Å². The van der Waals surface area contributed by atoms with Crippen LogP contribution in [0.4, 0.5) is 10.5 Å². The molecule has 0 aliphatic heterocycles. The zero-order valence-electron chi connectivity index (χ0n) is 13.2. The van der Waals surface area contributed by atoms with Crippen molar-refractivity contribution in [1.82, 2.24) is 5.32 Å². The Bertz CT molecular complexity index is 556. The molecule has 0 radical (unpaired) electrons. The Morgan fingerprint density at radius 3 is 2.30 bits per heavy atom. The number of carbonyl (C=O) groups excluding carboxylic acids is 2. The minimum atomic E-state index is -0.752. The van der Waals surface area contributed by atoms with E-state index in [1.165, 1.54) is 12.1 Å². The molecule has 23 heavy (non-hydrogen) atoms. The molecule has 6 nitrogen and oxygen atoms in total. The molecule has 0 aliphatic carbocycles. The molecule has 1 aromatic rings. The summed E-state index contributed by atoms with van der Waals surface area (Å²) in [6.45, 7) is 5.81. The monoisotopic (exact) mass is 362 g/mol. The molecule has 1 aromatic carbocycles. The number of hydrogen-bond acceptors (Lipinski definition) is 4. The standard InChI is InChI=1S/C15H20Cl2N2O4/c1-4-23-14(21)12(5-8(2)3)19-15(22)18-9-6-10(16)13(20)11(17)7-9/h6-8,12,20H,4-5H2,1-3H3,(H2,18,19,22). The van der Waals surface area contributed by atoms with Crippen LogP contribution in [0.15, 0.2) is 12.1 Å². The summed E-state index contributed by atoms with van der Waals surface area (Å²) < 4.78 is 4.95. The van der Waals surface area contributed by atoms with Crippen LogP contribution >= 0.6 is 23.2 Å². The summed E-state index contributed by atoms with van der Waals surface area (Å²) in [6, 6.07) is 1.36. The molecule has 1 rings (SSSR count). The molecule has 1 unspecified atom stereocenters. The zero-order valence-corrected chi connectivity index (χ0v) is 14.7. The molecule has 1 atom stereocenters. The van der Waals surface area contributed by atoms with Gasteiger partial charge >= 0.3 is 12.0 Å². The molecule has 0 aliphatic rings. The predicted octanol–water partition coefficient (Wildman–Crippen LogP) is 3.80. The second-order valence-electron chi connectivity index (χ2n) is 5.32. The van der Waals surface area contributed by atoms with Gasteiger partial charge in [-0.2, -0.15) is 0 Å². The number of benzene rings is 1. The van der Waals surface area contributed by atoms with E-state index in [9.17, 15) is 14.7 Å². The number of phenols is 1. The van der Waals surface area contributed by atoms with E-state index < -0.39 is 18.0 Å². The maximum Gasteiger partial charge on any atom is 0.328 e. The fourth-order valence-electron chi connectivity index (χ4n) is 1.89. The van der Waals surface area contributed by atoms with Gasteiger partial charge in [0.25, 0.3) is 0 Å². The Morgan fingerprint density at radius 1 is 1.26 bits per heavy atom. The van der Waals surface area contributed by atoms with Gasteiger partial charge < -0.3 is 20.5 Å². The van der Waals surface area contributed by atoms with Crippen LogP contribution in [0.2, 0.25) is 10.0 Å². The van der Waals surface area contributed by atoms with Crippen molar-refractivity contribution in [2.75, 3.05) is 11.9 Å². The van der Waals surface area contributed by atoms with E-state index in [-0.39, 0.29) is 28.3 Å². The first-order valence-electron chi connectivity index (χ1n) is 7.16. The summed E-state index contributed by atoms with van der Waals surface area (Å²) in [5.41, 5.74) is 0.294. The maximum atomic E-state index is 12.0. The molecule has 128 valence electrons. The average Bonchev–Trinajstić information content (AvgIpc) is 2.43. The number of esters is 1. The molecule has 0 fully saturated rings. The second-order valence-corrected chi connectivity index (χ2v) is 6.14. The van der Waals surface area contributed by atoms with Crippen LogP contribution in [0.25, 0.3) is 0 Å². The third kappa shape index (κ3) is 6.15. The Kier molecular flexibility index (Phi) is 7.45. The smallest absolute Gasteiger partial charge is 0.328 e. The quantitative estimate of drug-likeness (QED) is 0.530. The van der Waals surface area contributed by atoms with E-state index in [2.05, 4.69) is 10.6 Å². The summed E-state index contributed by atoms with van der Waals surface area (Å²) in [5.74, 6) is -0.552. The van der Waals surface area contributed by atoms with Crippen molar-refractivity contribution < 1.29 is 19.4 Å². The van der Waals surface area contributed by atoms with Crippen LogP contribution in [-0.4, -0.2) is 29.8 Å². The fourth-order valence-corrected chi connectivity index (χ4v) is 2.38. The SMILES string of the molecule is CCOC(=O)C(CC(C)C)NC(=O)Nc1cc(Cl)c(O)c(Cl)c1. The summed E-state index contributed by atoms with van der Waals surface area (Å²) >= 11 is 11.6. The predicted molar refractivity (Wildman–Crippen MR) is 90.2 cm³/mol. The molecule has 3 N–H and O–H groups in total. The van der Waals surface area contributed by atoms with E-state index in [4.69, 9.17) is 27.9 Å². The Hall–Kier alpha value is -1.66. The van der Waals surface area contributed by atoms with Crippen molar-refractivity contribution in [3.8, 4) is 5.75 Å². The topological polar surface area (TPSA) is 87.7 Å². The van der Waals surface area contributed by atoms with Gasteiger partial charge in [0.15, 0.2) is 5.75 Å². The number of amides is 2. The third-order valence-corrected chi connectivity index (χ3v) is 3.43. The van der Waals surface area contributed by atoms with E-state index in [1.54, 1.807) is 6.92 Å².